The lowest BCUT2D eigenvalue weighted by molar-refractivity contribution is -0.383. The zero-order valence-electron chi connectivity index (χ0n) is 12.8. The number of benzene rings is 2. The van der Waals surface area contributed by atoms with E-state index in [0.717, 1.165) is 0 Å². The maximum atomic E-state index is 11.8. The Labute approximate surface area is 138 Å². The van der Waals surface area contributed by atoms with E-state index in [9.17, 15) is 15.4 Å². The number of nitro groups is 1. The van der Waals surface area contributed by atoms with Crippen LogP contribution in [0.4, 0.5) is 11.4 Å². The van der Waals surface area contributed by atoms with E-state index < -0.39 is 4.92 Å². The van der Waals surface area contributed by atoms with E-state index in [1.54, 1.807) is 37.4 Å². The number of hydrogen-bond acceptors (Lipinski definition) is 5. The van der Waals surface area contributed by atoms with Crippen LogP contribution < -0.4 is 5.32 Å². The number of hydrogen-bond donors (Lipinski definition) is 1. The van der Waals surface area contributed by atoms with Gasteiger partial charge < -0.3 is 9.73 Å². The van der Waals surface area contributed by atoms with Gasteiger partial charge in [-0.3, -0.25) is 10.1 Å². The molecule has 0 saturated carbocycles. The van der Waals surface area contributed by atoms with Gasteiger partial charge in [-0.15, -0.1) is 0 Å². The SMILES string of the molecule is CNc1cc(-c2ccccc2)c([N+](=O)[O-])c(-c2ccco2)c1C#N. The molecule has 6 heteroatoms. The summed E-state index contributed by atoms with van der Waals surface area (Å²) >= 11 is 0. The molecule has 0 atom stereocenters. The summed E-state index contributed by atoms with van der Waals surface area (Å²) in [6.07, 6.45) is 1.43. The highest BCUT2D eigenvalue weighted by Crippen LogP contribution is 2.44. The monoisotopic (exact) mass is 319 g/mol. The third-order valence-electron chi connectivity index (χ3n) is 3.72. The van der Waals surface area contributed by atoms with Gasteiger partial charge in [0, 0.05) is 7.05 Å². The molecule has 1 N–H and O–H groups in total. The molecule has 1 heterocycles. The number of rotatable bonds is 4. The van der Waals surface area contributed by atoms with Crippen molar-refractivity contribution in [1.29, 1.82) is 5.26 Å². The molecule has 0 aliphatic heterocycles. The Morgan fingerprint density at radius 3 is 2.50 bits per heavy atom. The van der Waals surface area contributed by atoms with Crippen molar-refractivity contribution < 1.29 is 9.34 Å². The Balaban J connectivity index is 2.46. The van der Waals surface area contributed by atoms with Crippen molar-refractivity contribution in [2.75, 3.05) is 12.4 Å². The van der Waals surface area contributed by atoms with Crippen molar-refractivity contribution in [1.82, 2.24) is 0 Å². The highest BCUT2D eigenvalue weighted by molar-refractivity contribution is 5.92. The first-order chi connectivity index (χ1) is 11.7. The Hall–Kier alpha value is -3.59. The summed E-state index contributed by atoms with van der Waals surface area (Å²) in [6.45, 7) is 0. The van der Waals surface area contributed by atoms with E-state index in [1.807, 2.05) is 18.2 Å². The number of anilines is 1. The van der Waals surface area contributed by atoms with Crippen molar-refractivity contribution in [3.8, 4) is 28.5 Å². The summed E-state index contributed by atoms with van der Waals surface area (Å²) in [7, 11) is 1.67. The summed E-state index contributed by atoms with van der Waals surface area (Å²) < 4.78 is 5.36. The third kappa shape index (κ3) is 2.48. The Morgan fingerprint density at radius 2 is 1.96 bits per heavy atom. The van der Waals surface area contributed by atoms with Crippen LogP contribution in [0.25, 0.3) is 22.5 Å². The molecule has 0 amide bonds. The average molecular weight is 319 g/mol. The lowest BCUT2D eigenvalue weighted by Crippen LogP contribution is -2.02. The van der Waals surface area contributed by atoms with Crippen molar-refractivity contribution in [2.45, 2.75) is 0 Å². The molecule has 0 saturated heterocycles. The molecule has 24 heavy (non-hydrogen) atoms. The van der Waals surface area contributed by atoms with Crippen LogP contribution in [0.2, 0.25) is 0 Å². The minimum absolute atomic E-state index is 0.147. The fourth-order valence-electron chi connectivity index (χ4n) is 2.67. The predicted molar refractivity (Wildman–Crippen MR) is 90.5 cm³/mol. The smallest absolute Gasteiger partial charge is 0.289 e. The van der Waals surface area contributed by atoms with Crippen LogP contribution in [-0.2, 0) is 0 Å². The highest BCUT2D eigenvalue weighted by atomic mass is 16.6. The van der Waals surface area contributed by atoms with Gasteiger partial charge in [0.05, 0.1) is 28.0 Å². The van der Waals surface area contributed by atoms with Crippen LogP contribution in [0.15, 0.2) is 59.2 Å². The van der Waals surface area contributed by atoms with E-state index in [2.05, 4.69) is 11.4 Å². The van der Waals surface area contributed by atoms with E-state index >= 15 is 0 Å². The average Bonchev–Trinajstić information content (AvgIpc) is 3.14. The summed E-state index contributed by atoms with van der Waals surface area (Å²) in [5.41, 5.74) is 1.84. The lowest BCUT2D eigenvalue weighted by Gasteiger charge is -2.13. The first-order valence-corrected chi connectivity index (χ1v) is 7.20. The molecular formula is C18H13N3O3. The lowest BCUT2D eigenvalue weighted by atomic mass is 9.93. The zero-order chi connectivity index (χ0) is 17.1. The number of furan rings is 1. The van der Waals surface area contributed by atoms with Crippen LogP contribution in [0.3, 0.4) is 0 Å². The molecule has 118 valence electrons. The topological polar surface area (TPSA) is 92.1 Å². The maximum Gasteiger partial charge on any atom is 0.289 e. The first kappa shape index (κ1) is 15.3. The minimum Gasteiger partial charge on any atom is -0.464 e. The standard InChI is InChI=1S/C18H13N3O3/c1-20-15-10-13(12-6-3-2-4-7-12)18(21(22)23)17(14(15)11-19)16-8-5-9-24-16/h2-10,20H,1H3. The Bertz CT molecular complexity index is 926. The summed E-state index contributed by atoms with van der Waals surface area (Å²) in [5, 5.41) is 24.3. The number of nitriles is 1. The van der Waals surface area contributed by atoms with Crippen molar-refractivity contribution in [2.24, 2.45) is 0 Å². The molecular weight excluding hydrogens is 306 g/mol. The largest absolute Gasteiger partial charge is 0.464 e. The van der Waals surface area contributed by atoms with Gasteiger partial charge in [0.1, 0.15) is 17.4 Å². The van der Waals surface area contributed by atoms with Crippen molar-refractivity contribution >= 4 is 11.4 Å². The fraction of sp³-hybridized carbons (Fsp3) is 0.0556. The highest BCUT2D eigenvalue weighted by Gasteiger charge is 2.29. The molecule has 0 spiro atoms. The van der Waals surface area contributed by atoms with Crippen LogP contribution in [0.5, 0.6) is 0 Å². The molecule has 1 aromatic heterocycles. The molecule has 0 unspecified atom stereocenters. The zero-order valence-corrected chi connectivity index (χ0v) is 12.8. The molecule has 0 aliphatic rings. The minimum atomic E-state index is -0.472. The van der Waals surface area contributed by atoms with E-state index in [-0.39, 0.29) is 22.6 Å². The number of nitrogens with zero attached hydrogens (tertiary/aromatic N) is 2. The van der Waals surface area contributed by atoms with E-state index in [0.29, 0.717) is 16.8 Å². The fourth-order valence-corrected chi connectivity index (χ4v) is 2.67. The number of nitrogens with one attached hydrogen (secondary N) is 1. The molecule has 2 aromatic carbocycles. The Kier molecular flexibility index (Phi) is 4.00. The maximum absolute atomic E-state index is 11.8. The normalized spacial score (nSPS) is 10.2. The van der Waals surface area contributed by atoms with Gasteiger partial charge in [-0.05, 0) is 23.8 Å². The van der Waals surface area contributed by atoms with Crippen molar-refractivity contribution in [3.05, 3.63) is 70.5 Å². The molecule has 3 aromatic rings. The van der Waals surface area contributed by atoms with Crippen LogP contribution in [0.1, 0.15) is 5.56 Å². The van der Waals surface area contributed by atoms with Gasteiger partial charge >= 0.3 is 0 Å². The van der Waals surface area contributed by atoms with Gasteiger partial charge in [-0.25, -0.2) is 0 Å². The molecule has 0 radical (unpaired) electrons. The summed E-state index contributed by atoms with van der Waals surface area (Å²) in [5.74, 6) is 0.285. The van der Waals surface area contributed by atoms with Gasteiger partial charge in [0.15, 0.2) is 0 Å². The van der Waals surface area contributed by atoms with E-state index in [1.165, 1.54) is 6.26 Å². The molecule has 0 fully saturated rings. The van der Waals surface area contributed by atoms with Crippen LogP contribution >= 0.6 is 0 Å². The van der Waals surface area contributed by atoms with Gasteiger partial charge in [0.25, 0.3) is 5.69 Å². The first-order valence-electron chi connectivity index (χ1n) is 7.20. The summed E-state index contributed by atoms with van der Waals surface area (Å²) in [4.78, 5) is 11.3. The molecule has 0 bridgehead atoms. The van der Waals surface area contributed by atoms with E-state index in [4.69, 9.17) is 4.42 Å². The number of nitro benzene ring substituents is 1. The quantitative estimate of drug-likeness (QED) is 0.567. The Morgan fingerprint density at radius 1 is 1.21 bits per heavy atom. The second-order valence-corrected chi connectivity index (χ2v) is 5.03. The molecule has 3 rings (SSSR count). The van der Waals surface area contributed by atoms with Crippen LogP contribution in [-0.4, -0.2) is 12.0 Å². The third-order valence-corrected chi connectivity index (χ3v) is 3.72. The van der Waals surface area contributed by atoms with Crippen molar-refractivity contribution in [3.63, 3.8) is 0 Å². The summed E-state index contributed by atoms with van der Waals surface area (Å²) in [6, 6.07) is 16.0. The molecule has 6 nitrogen and oxygen atoms in total. The predicted octanol–water partition coefficient (Wildman–Crippen LogP) is 4.44. The van der Waals surface area contributed by atoms with Gasteiger partial charge in [-0.1, -0.05) is 30.3 Å². The van der Waals surface area contributed by atoms with Gasteiger partial charge in [-0.2, -0.15) is 5.26 Å². The molecule has 0 aliphatic carbocycles. The van der Waals surface area contributed by atoms with Crippen LogP contribution in [0, 0.1) is 21.4 Å². The van der Waals surface area contributed by atoms with Gasteiger partial charge in [0.2, 0.25) is 0 Å². The second-order valence-electron chi connectivity index (χ2n) is 5.03. The second kappa shape index (κ2) is 6.26.